The maximum atomic E-state index is 13.7. The number of carbonyl (C=O) groups is 2. The van der Waals surface area contributed by atoms with E-state index < -0.39 is 28.5 Å². The molecule has 0 saturated heterocycles. The Morgan fingerprint density at radius 3 is 2.42 bits per heavy atom. The Balaban J connectivity index is 1.60. The number of sulfonamides is 1. The van der Waals surface area contributed by atoms with E-state index in [4.69, 9.17) is 32.7 Å². The summed E-state index contributed by atoms with van der Waals surface area (Å²) in [6.45, 7) is 1.19. The van der Waals surface area contributed by atoms with Crippen LogP contribution < -0.4 is 19.1 Å². The summed E-state index contributed by atoms with van der Waals surface area (Å²) < 4.78 is 37.2. The van der Waals surface area contributed by atoms with Crippen LogP contribution in [0.2, 0.25) is 10.0 Å². The Kier molecular flexibility index (Phi) is 8.95. The summed E-state index contributed by atoms with van der Waals surface area (Å²) in [6.07, 6.45) is 6.04. The second kappa shape index (κ2) is 12.0. The molecule has 0 radical (unpaired) electrons. The first-order chi connectivity index (χ1) is 18.0. The van der Waals surface area contributed by atoms with E-state index in [0.29, 0.717) is 27.1 Å². The summed E-state index contributed by atoms with van der Waals surface area (Å²) in [4.78, 5) is 28.3. The highest BCUT2D eigenvalue weighted by Crippen LogP contribution is 2.36. The first kappa shape index (κ1) is 28.3. The highest BCUT2D eigenvalue weighted by molar-refractivity contribution is 7.92. The maximum Gasteiger partial charge on any atom is 0.244 e. The van der Waals surface area contributed by atoms with E-state index in [1.54, 1.807) is 37.3 Å². The van der Waals surface area contributed by atoms with Crippen LogP contribution in [0.5, 0.6) is 11.5 Å². The van der Waals surface area contributed by atoms with Gasteiger partial charge in [-0.05, 0) is 49.6 Å². The number of nitrogens with one attached hydrogen (secondary N) is 1. The molecule has 4 rings (SSSR count). The zero-order valence-electron chi connectivity index (χ0n) is 21.3. The number of amides is 2. The predicted octanol–water partition coefficient (Wildman–Crippen LogP) is 4.35. The van der Waals surface area contributed by atoms with Crippen molar-refractivity contribution in [1.29, 1.82) is 0 Å². The lowest BCUT2D eigenvalue weighted by Gasteiger charge is -2.33. The lowest BCUT2D eigenvalue weighted by atomic mass is 9.95. The molecule has 12 heteroatoms. The van der Waals surface area contributed by atoms with Crippen molar-refractivity contribution in [3.05, 3.63) is 52.0 Å². The van der Waals surface area contributed by atoms with E-state index in [0.717, 1.165) is 42.7 Å². The molecule has 2 aliphatic rings. The van der Waals surface area contributed by atoms with Gasteiger partial charge in [-0.2, -0.15) is 0 Å². The SMILES string of the molecule is C[C@H](C(=O)NC1CCCCC1)N(Cc1ccc(Cl)c(Cl)c1)C(=O)CN(c1ccc2c(c1)OCO2)S(C)(=O)=O. The molecule has 0 bridgehead atoms. The van der Waals surface area contributed by atoms with Crippen LogP contribution in [0.3, 0.4) is 0 Å². The molecule has 2 aromatic rings. The molecule has 1 saturated carbocycles. The molecule has 38 heavy (non-hydrogen) atoms. The van der Waals surface area contributed by atoms with Gasteiger partial charge in [0.2, 0.25) is 28.6 Å². The lowest BCUT2D eigenvalue weighted by molar-refractivity contribution is -0.139. The number of hydrogen-bond donors (Lipinski definition) is 1. The van der Waals surface area contributed by atoms with Gasteiger partial charge < -0.3 is 19.7 Å². The third-order valence-corrected chi connectivity index (χ3v) is 8.66. The van der Waals surface area contributed by atoms with Gasteiger partial charge in [0.25, 0.3) is 0 Å². The highest BCUT2D eigenvalue weighted by atomic mass is 35.5. The summed E-state index contributed by atoms with van der Waals surface area (Å²) in [5.41, 5.74) is 0.901. The zero-order chi connectivity index (χ0) is 27.4. The van der Waals surface area contributed by atoms with Crippen LogP contribution in [0.25, 0.3) is 0 Å². The van der Waals surface area contributed by atoms with E-state index >= 15 is 0 Å². The molecule has 0 spiro atoms. The van der Waals surface area contributed by atoms with E-state index in [9.17, 15) is 18.0 Å². The van der Waals surface area contributed by atoms with E-state index in [1.807, 2.05) is 0 Å². The molecule has 1 aliphatic heterocycles. The van der Waals surface area contributed by atoms with Crippen molar-refractivity contribution in [3.8, 4) is 11.5 Å². The number of rotatable bonds is 9. The molecule has 1 heterocycles. The monoisotopic (exact) mass is 583 g/mol. The minimum atomic E-state index is -3.87. The molecule has 1 fully saturated rings. The third-order valence-electron chi connectivity index (χ3n) is 6.78. The fourth-order valence-electron chi connectivity index (χ4n) is 4.64. The van der Waals surface area contributed by atoms with Gasteiger partial charge in [-0.3, -0.25) is 13.9 Å². The number of fused-ring (bicyclic) bond motifs is 1. The van der Waals surface area contributed by atoms with Crippen LogP contribution in [-0.2, 0) is 26.2 Å². The Labute approximate surface area is 233 Å². The van der Waals surface area contributed by atoms with E-state index in [1.165, 1.54) is 11.0 Å². The quantitative estimate of drug-likeness (QED) is 0.470. The fraction of sp³-hybridized carbons (Fsp3) is 0.462. The first-order valence-corrected chi connectivity index (χ1v) is 15.0. The van der Waals surface area contributed by atoms with Crippen LogP contribution in [-0.4, -0.2) is 56.8 Å². The number of hydrogen-bond acceptors (Lipinski definition) is 6. The van der Waals surface area contributed by atoms with Gasteiger partial charge in [0, 0.05) is 18.7 Å². The second-order valence-corrected chi connectivity index (χ2v) is 12.3. The molecule has 206 valence electrons. The Hall–Kier alpha value is -2.69. The van der Waals surface area contributed by atoms with Gasteiger partial charge >= 0.3 is 0 Å². The third kappa shape index (κ3) is 6.84. The van der Waals surface area contributed by atoms with Crippen molar-refractivity contribution >= 4 is 50.7 Å². The number of benzene rings is 2. The average Bonchev–Trinajstić information content (AvgIpc) is 3.35. The molecule has 1 N–H and O–H groups in total. The van der Waals surface area contributed by atoms with Gasteiger partial charge in [0.05, 0.1) is 22.0 Å². The van der Waals surface area contributed by atoms with Gasteiger partial charge in [-0.1, -0.05) is 48.5 Å². The number of ether oxygens (including phenoxy) is 2. The number of anilines is 1. The minimum Gasteiger partial charge on any atom is -0.454 e. The van der Waals surface area contributed by atoms with E-state index in [2.05, 4.69) is 5.32 Å². The molecule has 1 aliphatic carbocycles. The van der Waals surface area contributed by atoms with Crippen molar-refractivity contribution in [2.75, 3.05) is 23.9 Å². The standard InChI is InChI=1S/C26H31Cl2N3O6S/c1-17(26(33)29-19-6-4-3-5-7-19)30(14-18-8-10-21(27)22(28)12-18)25(32)15-31(38(2,34)35)20-9-11-23-24(13-20)37-16-36-23/h8-13,17,19H,3-7,14-16H2,1-2H3,(H,29,33)/t17-/m1/s1. The Morgan fingerprint density at radius 2 is 1.74 bits per heavy atom. The predicted molar refractivity (Wildman–Crippen MR) is 146 cm³/mol. The molecule has 2 aromatic carbocycles. The summed E-state index contributed by atoms with van der Waals surface area (Å²) in [5, 5.41) is 3.74. The largest absolute Gasteiger partial charge is 0.454 e. The summed E-state index contributed by atoms with van der Waals surface area (Å²) in [5.74, 6) is 0.0315. The van der Waals surface area contributed by atoms with Crippen molar-refractivity contribution < 1.29 is 27.5 Å². The number of nitrogens with zero attached hydrogens (tertiary/aromatic N) is 2. The number of carbonyl (C=O) groups excluding carboxylic acids is 2. The fourth-order valence-corrected chi connectivity index (χ4v) is 5.80. The van der Waals surface area contributed by atoms with Crippen LogP contribution in [0, 0.1) is 0 Å². The minimum absolute atomic E-state index is 0.0294. The van der Waals surface area contributed by atoms with Gasteiger partial charge in [-0.25, -0.2) is 8.42 Å². The summed E-state index contributed by atoms with van der Waals surface area (Å²) >= 11 is 12.3. The molecule has 0 aromatic heterocycles. The maximum absolute atomic E-state index is 13.7. The van der Waals surface area contributed by atoms with Crippen molar-refractivity contribution in [2.45, 2.75) is 57.7 Å². The molecular formula is C26H31Cl2N3O6S. The summed E-state index contributed by atoms with van der Waals surface area (Å²) in [7, 11) is -3.87. The first-order valence-electron chi connectivity index (χ1n) is 12.4. The Morgan fingerprint density at radius 1 is 1.03 bits per heavy atom. The van der Waals surface area contributed by atoms with Crippen molar-refractivity contribution in [3.63, 3.8) is 0 Å². The highest BCUT2D eigenvalue weighted by Gasteiger charge is 2.32. The van der Waals surface area contributed by atoms with Crippen molar-refractivity contribution in [1.82, 2.24) is 10.2 Å². The molecular weight excluding hydrogens is 553 g/mol. The van der Waals surface area contributed by atoms with Gasteiger partial charge in [0.1, 0.15) is 12.6 Å². The molecule has 0 unspecified atom stereocenters. The van der Waals surface area contributed by atoms with Crippen LogP contribution >= 0.6 is 23.2 Å². The van der Waals surface area contributed by atoms with E-state index in [-0.39, 0.29) is 31.0 Å². The smallest absolute Gasteiger partial charge is 0.244 e. The second-order valence-electron chi connectivity index (χ2n) is 9.60. The van der Waals surface area contributed by atoms with Crippen molar-refractivity contribution in [2.24, 2.45) is 0 Å². The zero-order valence-corrected chi connectivity index (χ0v) is 23.6. The van der Waals surface area contributed by atoms with Crippen LogP contribution in [0.1, 0.15) is 44.6 Å². The normalized spacial score (nSPS) is 16.1. The Bertz CT molecular complexity index is 1300. The molecule has 1 atom stereocenters. The molecule has 2 amide bonds. The number of halogens is 2. The van der Waals surface area contributed by atoms with Gasteiger partial charge in [-0.15, -0.1) is 0 Å². The summed E-state index contributed by atoms with van der Waals surface area (Å²) in [6, 6.07) is 8.80. The average molecular weight is 585 g/mol. The van der Waals surface area contributed by atoms with Crippen LogP contribution in [0.15, 0.2) is 36.4 Å². The lowest BCUT2D eigenvalue weighted by Crippen LogP contribution is -2.52. The molecule has 9 nitrogen and oxygen atoms in total. The van der Waals surface area contributed by atoms with Crippen LogP contribution in [0.4, 0.5) is 5.69 Å². The van der Waals surface area contributed by atoms with Gasteiger partial charge in [0.15, 0.2) is 11.5 Å². The topological polar surface area (TPSA) is 105 Å².